The standard InChI is InChI=1S/C8H6ClN3O2/c1-3-6-4(2-5(9)10-3)11-8(14)12-7(6)13/h2H,1H3,(H2,11,12,13,14). The predicted molar refractivity (Wildman–Crippen MR) is 52.7 cm³/mol. The van der Waals surface area contributed by atoms with Crippen LogP contribution in [0.2, 0.25) is 5.15 Å². The van der Waals surface area contributed by atoms with Crippen LogP contribution in [0.25, 0.3) is 10.9 Å². The molecule has 2 heterocycles. The van der Waals surface area contributed by atoms with Crippen molar-refractivity contribution in [2.24, 2.45) is 0 Å². The summed E-state index contributed by atoms with van der Waals surface area (Å²) >= 11 is 5.68. The van der Waals surface area contributed by atoms with Gasteiger partial charge in [0, 0.05) is 0 Å². The summed E-state index contributed by atoms with van der Waals surface area (Å²) in [5.74, 6) is 0. The van der Waals surface area contributed by atoms with E-state index >= 15 is 0 Å². The molecule has 0 fully saturated rings. The van der Waals surface area contributed by atoms with E-state index in [0.29, 0.717) is 16.6 Å². The van der Waals surface area contributed by atoms with Crippen molar-refractivity contribution in [3.05, 3.63) is 37.8 Å². The number of aromatic nitrogens is 3. The van der Waals surface area contributed by atoms with Crippen molar-refractivity contribution in [1.29, 1.82) is 0 Å². The Morgan fingerprint density at radius 2 is 2.07 bits per heavy atom. The summed E-state index contributed by atoms with van der Waals surface area (Å²) in [7, 11) is 0. The molecular weight excluding hydrogens is 206 g/mol. The molecule has 2 N–H and O–H groups in total. The van der Waals surface area contributed by atoms with Gasteiger partial charge in [0.05, 0.1) is 16.6 Å². The molecule has 0 aromatic carbocycles. The van der Waals surface area contributed by atoms with E-state index in [9.17, 15) is 9.59 Å². The van der Waals surface area contributed by atoms with Crippen LogP contribution in [0.3, 0.4) is 0 Å². The van der Waals surface area contributed by atoms with Gasteiger partial charge in [0.15, 0.2) is 0 Å². The Labute approximate surface area is 82.8 Å². The fraction of sp³-hybridized carbons (Fsp3) is 0.125. The summed E-state index contributed by atoms with van der Waals surface area (Å²) in [4.78, 5) is 30.8. The van der Waals surface area contributed by atoms with Crippen LogP contribution in [0.5, 0.6) is 0 Å². The van der Waals surface area contributed by atoms with E-state index in [-0.39, 0.29) is 5.15 Å². The number of fused-ring (bicyclic) bond motifs is 1. The van der Waals surface area contributed by atoms with Gasteiger partial charge in [-0.3, -0.25) is 9.78 Å². The third-order valence-corrected chi connectivity index (χ3v) is 2.07. The number of aryl methyl sites for hydroxylation is 1. The van der Waals surface area contributed by atoms with E-state index in [1.165, 1.54) is 6.07 Å². The predicted octanol–water partition coefficient (Wildman–Crippen LogP) is 0.573. The van der Waals surface area contributed by atoms with Gasteiger partial charge in [0.1, 0.15) is 5.15 Å². The number of hydrogen-bond donors (Lipinski definition) is 2. The number of rotatable bonds is 0. The third kappa shape index (κ3) is 1.31. The minimum Gasteiger partial charge on any atom is -0.307 e. The number of H-pyrrole nitrogens is 2. The Kier molecular flexibility index (Phi) is 1.89. The maximum absolute atomic E-state index is 11.4. The second kappa shape index (κ2) is 2.95. The maximum atomic E-state index is 11.4. The lowest BCUT2D eigenvalue weighted by Crippen LogP contribution is -2.22. The van der Waals surface area contributed by atoms with Crippen molar-refractivity contribution < 1.29 is 0 Å². The van der Waals surface area contributed by atoms with Crippen LogP contribution in [0, 0.1) is 6.92 Å². The monoisotopic (exact) mass is 211 g/mol. The molecule has 0 unspecified atom stereocenters. The Morgan fingerprint density at radius 3 is 2.79 bits per heavy atom. The first-order chi connectivity index (χ1) is 6.58. The van der Waals surface area contributed by atoms with Crippen LogP contribution >= 0.6 is 11.6 Å². The van der Waals surface area contributed by atoms with Crippen molar-refractivity contribution in [1.82, 2.24) is 15.0 Å². The van der Waals surface area contributed by atoms with Gasteiger partial charge >= 0.3 is 5.69 Å². The summed E-state index contributed by atoms with van der Waals surface area (Å²) in [6, 6.07) is 1.44. The first-order valence-electron chi connectivity index (χ1n) is 3.87. The highest BCUT2D eigenvalue weighted by Gasteiger charge is 2.06. The molecule has 6 heteroatoms. The largest absolute Gasteiger partial charge is 0.326 e. The van der Waals surface area contributed by atoms with Crippen molar-refractivity contribution in [2.75, 3.05) is 0 Å². The average molecular weight is 212 g/mol. The molecule has 2 rings (SSSR count). The second-order valence-electron chi connectivity index (χ2n) is 2.86. The van der Waals surface area contributed by atoms with Crippen LogP contribution in [0.15, 0.2) is 15.7 Å². The van der Waals surface area contributed by atoms with Crippen LogP contribution < -0.4 is 11.2 Å². The lowest BCUT2D eigenvalue weighted by Gasteiger charge is -1.99. The van der Waals surface area contributed by atoms with Gasteiger partial charge in [0.25, 0.3) is 5.56 Å². The van der Waals surface area contributed by atoms with E-state index < -0.39 is 11.2 Å². The Hall–Kier alpha value is -1.62. The highest BCUT2D eigenvalue weighted by atomic mass is 35.5. The van der Waals surface area contributed by atoms with Crippen molar-refractivity contribution >= 4 is 22.5 Å². The zero-order valence-electron chi connectivity index (χ0n) is 7.22. The van der Waals surface area contributed by atoms with E-state index in [1.807, 2.05) is 0 Å². The van der Waals surface area contributed by atoms with E-state index in [0.717, 1.165) is 0 Å². The van der Waals surface area contributed by atoms with E-state index in [2.05, 4.69) is 15.0 Å². The lowest BCUT2D eigenvalue weighted by atomic mass is 10.2. The number of pyridine rings is 1. The first kappa shape index (κ1) is 8.96. The minimum atomic E-state index is -0.552. The van der Waals surface area contributed by atoms with Gasteiger partial charge in [-0.25, -0.2) is 9.78 Å². The lowest BCUT2D eigenvalue weighted by molar-refractivity contribution is 1.07. The summed E-state index contributed by atoms with van der Waals surface area (Å²) < 4.78 is 0. The van der Waals surface area contributed by atoms with E-state index in [1.54, 1.807) is 6.92 Å². The molecule has 0 saturated heterocycles. The minimum absolute atomic E-state index is 0.247. The van der Waals surface area contributed by atoms with Crippen LogP contribution in [-0.4, -0.2) is 15.0 Å². The molecule has 0 aliphatic carbocycles. The first-order valence-corrected chi connectivity index (χ1v) is 4.25. The number of nitrogens with one attached hydrogen (secondary N) is 2. The van der Waals surface area contributed by atoms with Crippen LogP contribution in [0.1, 0.15) is 5.69 Å². The number of nitrogens with zero attached hydrogens (tertiary/aromatic N) is 1. The summed E-state index contributed by atoms with van der Waals surface area (Å²) in [6.07, 6.45) is 0. The summed E-state index contributed by atoms with van der Waals surface area (Å²) in [5.41, 5.74) is -0.115. The molecule has 0 aliphatic heterocycles. The molecule has 2 aromatic heterocycles. The quantitative estimate of drug-likeness (QED) is 0.626. The SMILES string of the molecule is Cc1nc(Cl)cc2[nH]c(=O)[nH]c(=O)c12. The molecule has 0 radical (unpaired) electrons. The molecular formula is C8H6ClN3O2. The highest BCUT2D eigenvalue weighted by Crippen LogP contribution is 2.13. The molecule has 0 aliphatic rings. The molecule has 0 atom stereocenters. The molecule has 72 valence electrons. The average Bonchev–Trinajstić information content (AvgIpc) is 1.99. The van der Waals surface area contributed by atoms with Crippen molar-refractivity contribution in [3.63, 3.8) is 0 Å². The molecule has 0 saturated carbocycles. The topological polar surface area (TPSA) is 78.6 Å². The number of hydrogen-bond acceptors (Lipinski definition) is 3. The zero-order chi connectivity index (χ0) is 10.3. The number of halogens is 1. The van der Waals surface area contributed by atoms with Gasteiger partial charge in [-0.15, -0.1) is 0 Å². The maximum Gasteiger partial charge on any atom is 0.326 e. The van der Waals surface area contributed by atoms with E-state index in [4.69, 9.17) is 11.6 Å². The van der Waals surface area contributed by atoms with Gasteiger partial charge in [0.2, 0.25) is 0 Å². The number of aromatic amines is 2. The summed E-state index contributed by atoms with van der Waals surface area (Å²) in [5, 5.41) is 0.602. The Bertz CT molecular complexity index is 614. The van der Waals surface area contributed by atoms with Gasteiger partial charge in [-0.05, 0) is 13.0 Å². The fourth-order valence-corrected chi connectivity index (χ4v) is 1.57. The van der Waals surface area contributed by atoms with Crippen LogP contribution in [0.4, 0.5) is 0 Å². The Morgan fingerprint density at radius 1 is 1.36 bits per heavy atom. The summed E-state index contributed by atoms with van der Waals surface area (Å²) in [6.45, 7) is 1.65. The van der Waals surface area contributed by atoms with Gasteiger partial charge < -0.3 is 4.98 Å². The molecule has 5 nitrogen and oxygen atoms in total. The smallest absolute Gasteiger partial charge is 0.307 e. The third-order valence-electron chi connectivity index (χ3n) is 1.87. The van der Waals surface area contributed by atoms with Crippen molar-refractivity contribution in [3.8, 4) is 0 Å². The van der Waals surface area contributed by atoms with Gasteiger partial charge in [-0.1, -0.05) is 11.6 Å². The molecule has 0 spiro atoms. The molecule has 14 heavy (non-hydrogen) atoms. The van der Waals surface area contributed by atoms with Gasteiger partial charge in [-0.2, -0.15) is 0 Å². The Balaban J connectivity index is 3.10. The van der Waals surface area contributed by atoms with Crippen LogP contribution in [-0.2, 0) is 0 Å². The molecule has 0 bridgehead atoms. The highest BCUT2D eigenvalue weighted by molar-refractivity contribution is 6.30. The normalized spacial score (nSPS) is 10.7. The van der Waals surface area contributed by atoms with Crippen molar-refractivity contribution in [2.45, 2.75) is 6.92 Å². The molecule has 2 aromatic rings. The fourth-order valence-electron chi connectivity index (χ4n) is 1.34. The zero-order valence-corrected chi connectivity index (χ0v) is 7.97. The molecule has 0 amide bonds. The second-order valence-corrected chi connectivity index (χ2v) is 3.25.